The Hall–Kier alpha value is -0.795. The SMILES string of the molecule is Bc1ccc2c(c1)C(C)(O)CCOC2. The van der Waals surface area contributed by atoms with Crippen molar-refractivity contribution in [2.24, 2.45) is 0 Å². The van der Waals surface area contributed by atoms with Gasteiger partial charge in [0.05, 0.1) is 18.8 Å². The second-order valence-electron chi connectivity index (χ2n) is 4.24. The molecule has 74 valence electrons. The van der Waals surface area contributed by atoms with Crippen molar-refractivity contribution >= 4 is 13.3 Å². The molecular formula is C11H15BO2. The van der Waals surface area contributed by atoms with Gasteiger partial charge < -0.3 is 9.84 Å². The van der Waals surface area contributed by atoms with Crippen LogP contribution in [0, 0.1) is 0 Å². The number of hydrogen-bond acceptors (Lipinski definition) is 2. The molecule has 1 aliphatic rings. The first-order chi connectivity index (χ1) is 6.59. The van der Waals surface area contributed by atoms with Crippen LogP contribution in [0.4, 0.5) is 0 Å². The van der Waals surface area contributed by atoms with Crippen LogP contribution in [-0.2, 0) is 16.9 Å². The van der Waals surface area contributed by atoms with E-state index < -0.39 is 5.60 Å². The molecule has 1 unspecified atom stereocenters. The lowest BCUT2D eigenvalue weighted by Gasteiger charge is -2.23. The third kappa shape index (κ3) is 1.70. The van der Waals surface area contributed by atoms with Gasteiger partial charge in [-0.05, 0) is 18.1 Å². The van der Waals surface area contributed by atoms with Crippen molar-refractivity contribution in [2.45, 2.75) is 25.6 Å². The molecule has 1 atom stereocenters. The minimum atomic E-state index is -0.738. The van der Waals surface area contributed by atoms with Crippen LogP contribution in [0.2, 0.25) is 0 Å². The smallest absolute Gasteiger partial charge is 0.139 e. The average molecular weight is 190 g/mol. The van der Waals surface area contributed by atoms with Crippen LogP contribution < -0.4 is 5.46 Å². The highest BCUT2D eigenvalue weighted by Gasteiger charge is 2.27. The van der Waals surface area contributed by atoms with E-state index in [0.29, 0.717) is 19.6 Å². The molecule has 1 N–H and O–H groups in total. The van der Waals surface area contributed by atoms with Crippen molar-refractivity contribution in [2.75, 3.05) is 6.61 Å². The van der Waals surface area contributed by atoms with Crippen molar-refractivity contribution in [3.63, 3.8) is 0 Å². The molecule has 0 aromatic heterocycles. The first-order valence-electron chi connectivity index (χ1n) is 5.00. The minimum Gasteiger partial charge on any atom is -0.385 e. The third-order valence-electron chi connectivity index (χ3n) is 2.84. The summed E-state index contributed by atoms with van der Waals surface area (Å²) in [5, 5.41) is 10.3. The fourth-order valence-electron chi connectivity index (χ4n) is 1.91. The normalized spacial score (nSPS) is 26.7. The Morgan fingerprint density at radius 3 is 3.07 bits per heavy atom. The summed E-state index contributed by atoms with van der Waals surface area (Å²) in [6, 6.07) is 6.16. The Morgan fingerprint density at radius 2 is 2.29 bits per heavy atom. The van der Waals surface area contributed by atoms with Crippen LogP contribution in [0.3, 0.4) is 0 Å². The highest BCUT2D eigenvalue weighted by atomic mass is 16.5. The molecule has 0 spiro atoms. The van der Waals surface area contributed by atoms with Gasteiger partial charge in [0.15, 0.2) is 0 Å². The summed E-state index contributed by atoms with van der Waals surface area (Å²) in [6.07, 6.45) is 0.670. The van der Waals surface area contributed by atoms with Crippen LogP contribution >= 0.6 is 0 Å². The van der Waals surface area contributed by atoms with E-state index in [2.05, 4.69) is 12.1 Å². The van der Waals surface area contributed by atoms with Crippen LogP contribution in [0.1, 0.15) is 24.5 Å². The van der Waals surface area contributed by atoms with Gasteiger partial charge in [-0.2, -0.15) is 0 Å². The lowest BCUT2D eigenvalue weighted by atomic mass is 9.84. The number of benzene rings is 1. The second-order valence-corrected chi connectivity index (χ2v) is 4.24. The monoisotopic (exact) mass is 190 g/mol. The summed E-state index contributed by atoms with van der Waals surface area (Å²) in [4.78, 5) is 0. The van der Waals surface area contributed by atoms with Crippen molar-refractivity contribution < 1.29 is 9.84 Å². The molecule has 0 amide bonds. The van der Waals surface area contributed by atoms with E-state index in [0.717, 1.165) is 11.1 Å². The zero-order valence-electron chi connectivity index (χ0n) is 8.71. The first-order valence-corrected chi connectivity index (χ1v) is 5.00. The maximum absolute atomic E-state index is 10.3. The fraction of sp³-hybridized carbons (Fsp3) is 0.455. The number of rotatable bonds is 0. The number of hydrogen-bond donors (Lipinski definition) is 1. The third-order valence-corrected chi connectivity index (χ3v) is 2.84. The Balaban J connectivity index is 2.52. The highest BCUT2D eigenvalue weighted by molar-refractivity contribution is 6.32. The van der Waals surface area contributed by atoms with Crippen LogP contribution in [0.5, 0.6) is 0 Å². The summed E-state index contributed by atoms with van der Waals surface area (Å²) in [6.45, 7) is 3.10. The summed E-state index contributed by atoms with van der Waals surface area (Å²) < 4.78 is 5.44. The van der Waals surface area contributed by atoms with E-state index in [9.17, 15) is 5.11 Å². The molecule has 0 saturated heterocycles. The molecule has 2 rings (SSSR count). The van der Waals surface area contributed by atoms with E-state index in [1.54, 1.807) is 0 Å². The average Bonchev–Trinajstić information content (AvgIpc) is 2.26. The van der Waals surface area contributed by atoms with Crippen LogP contribution in [0.15, 0.2) is 18.2 Å². The van der Waals surface area contributed by atoms with Crippen molar-refractivity contribution in [1.82, 2.24) is 0 Å². The van der Waals surface area contributed by atoms with Gasteiger partial charge in [-0.3, -0.25) is 0 Å². The molecule has 1 aromatic carbocycles. The Morgan fingerprint density at radius 1 is 1.50 bits per heavy atom. The van der Waals surface area contributed by atoms with Crippen LogP contribution in [-0.4, -0.2) is 19.6 Å². The second kappa shape index (κ2) is 3.41. The predicted octanol–water partition coefficient (Wildman–Crippen LogP) is 0.0728. The van der Waals surface area contributed by atoms with E-state index in [1.807, 2.05) is 20.8 Å². The zero-order chi connectivity index (χ0) is 10.2. The molecule has 0 saturated carbocycles. The molecule has 1 heterocycles. The number of ether oxygens (including phenoxy) is 1. The molecule has 2 nitrogen and oxygen atoms in total. The van der Waals surface area contributed by atoms with Crippen molar-refractivity contribution in [3.8, 4) is 0 Å². The Kier molecular flexibility index (Phi) is 2.37. The summed E-state index contributed by atoms with van der Waals surface area (Å²) >= 11 is 0. The fourth-order valence-corrected chi connectivity index (χ4v) is 1.91. The lowest BCUT2D eigenvalue weighted by molar-refractivity contribution is 0.0214. The van der Waals surface area contributed by atoms with E-state index in [4.69, 9.17) is 4.74 Å². The highest BCUT2D eigenvalue weighted by Crippen LogP contribution is 2.29. The molecule has 1 aliphatic heterocycles. The zero-order valence-corrected chi connectivity index (χ0v) is 8.71. The molecule has 3 heteroatoms. The van der Waals surface area contributed by atoms with Crippen LogP contribution in [0.25, 0.3) is 0 Å². The number of fused-ring (bicyclic) bond motifs is 1. The molecule has 14 heavy (non-hydrogen) atoms. The van der Waals surface area contributed by atoms with Gasteiger partial charge in [0, 0.05) is 6.42 Å². The largest absolute Gasteiger partial charge is 0.385 e. The minimum absolute atomic E-state index is 0.617. The lowest BCUT2D eigenvalue weighted by Crippen LogP contribution is -2.24. The maximum atomic E-state index is 10.3. The van der Waals surface area contributed by atoms with Gasteiger partial charge >= 0.3 is 0 Å². The first kappa shape index (κ1) is 9.75. The Labute approximate surface area is 85.3 Å². The maximum Gasteiger partial charge on any atom is 0.139 e. The van der Waals surface area contributed by atoms with Gasteiger partial charge in [0.1, 0.15) is 7.85 Å². The number of aliphatic hydroxyl groups is 1. The molecule has 0 fully saturated rings. The quantitative estimate of drug-likeness (QED) is 0.586. The van der Waals surface area contributed by atoms with Crippen molar-refractivity contribution in [1.29, 1.82) is 0 Å². The van der Waals surface area contributed by atoms with Crippen molar-refractivity contribution in [3.05, 3.63) is 29.3 Å². The summed E-state index contributed by atoms with van der Waals surface area (Å²) in [7, 11) is 2.04. The predicted molar refractivity (Wildman–Crippen MR) is 58.5 cm³/mol. The van der Waals surface area contributed by atoms with Gasteiger partial charge in [-0.25, -0.2) is 0 Å². The molecular weight excluding hydrogens is 175 g/mol. The topological polar surface area (TPSA) is 29.5 Å². The van der Waals surface area contributed by atoms with E-state index in [-0.39, 0.29) is 0 Å². The van der Waals surface area contributed by atoms with Gasteiger partial charge in [-0.15, -0.1) is 0 Å². The van der Waals surface area contributed by atoms with Gasteiger partial charge in [0.2, 0.25) is 0 Å². The standard InChI is InChI=1S/C11H15BO2/c1-11(13)4-5-14-7-8-2-3-9(12)6-10(8)11/h2-3,6,13H,4-5,7,12H2,1H3. The summed E-state index contributed by atoms with van der Waals surface area (Å²) in [5.41, 5.74) is 2.58. The molecule has 0 bridgehead atoms. The molecule has 1 aromatic rings. The van der Waals surface area contributed by atoms with E-state index >= 15 is 0 Å². The molecule has 0 aliphatic carbocycles. The van der Waals surface area contributed by atoms with E-state index in [1.165, 1.54) is 5.46 Å². The molecule has 0 radical (unpaired) electrons. The summed E-state index contributed by atoms with van der Waals surface area (Å²) in [5.74, 6) is 0. The van der Waals surface area contributed by atoms with Gasteiger partial charge in [0.25, 0.3) is 0 Å². The van der Waals surface area contributed by atoms with Gasteiger partial charge in [-0.1, -0.05) is 23.7 Å². The Bertz CT molecular complexity index is 347.